The summed E-state index contributed by atoms with van der Waals surface area (Å²) >= 11 is 0. The zero-order valence-corrected chi connectivity index (χ0v) is 12.4. The maximum Gasteiger partial charge on any atom is 0.228 e. The topological polar surface area (TPSA) is 72.2 Å². The van der Waals surface area contributed by atoms with Gasteiger partial charge in [0.25, 0.3) is 0 Å². The molecule has 0 saturated carbocycles. The van der Waals surface area contributed by atoms with Crippen LogP contribution in [0.4, 0.5) is 5.95 Å². The summed E-state index contributed by atoms with van der Waals surface area (Å²) in [5.74, 6) is 1.73. The number of morpholine rings is 1. The first-order valence-electron chi connectivity index (χ1n) is 7.66. The van der Waals surface area contributed by atoms with Crippen LogP contribution in [0.2, 0.25) is 0 Å². The first-order chi connectivity index (χ1) is 10.9. The summed E-state index contributed by atoms with van der Waals surface area (Å²) in [6.07, 6.45) is 6.17. The summed E-state index contributed by atoms with van der Waals surface area (Å²) in [5, 5.41) is 8.73. The van der Waals surface area contributed by atoms with Crippen molar-refractivity contribution in [3.63, 3.8) is 0 Å². The number of aromatic nitrogens is 5. The number of ether oxygens (including phenoxy) is 1. The molecular weight excluding hydrogens is 282 g/mol. The van der Waals surface area contributed by atoms with Crippen LogP contribution in [0.3, 0.4) is 0 Å². The second-order valence-electron chi connectivity index (χ2n) is 5.55. The lowest BCUT2D eigenvalue weighted by Crippen LogP contribution is -2.46. The monoisotopic (exact) mass is 301 g/mol. The highest BCUT2D eigenvalue weighted by molar-refractivity contribution is 5.52. The van der Waals surface area contributed by atoms with Crippen LogP contribution in [0.1, 0.15) is 6.42 Å². The number of anilines is 1. The first kappa shape index (κ1) is 13.6. The van der Waals surface area contributed by atoms with Crippen molar-refractivity contribution < 1.29 is 4.74 Å². The van der Waals surface area contributed by atoms with E-state index >= 15 is 0 Å². The van der Waals surface area contributed by atoms with E-state index in [-0.39, 0.29) is 0 Å². The summed E-state index contributed by atoms with van der Waals surface area (Å²) in [7, 11) is 0. The van der Waals surface area contributed by atoms with Crippen molar-refractivity contribution in [2.45, 2.75) is 13.0 Å². The SMILES string of the molecule is c1cnc(-c2nnc3n2CCCN3CN2CCOCC2)cn1. The van der Waals surface area contributed by atoms with Gasteiger partial charge in [-0.25, -0.2) is 4.98 Å². The van der Waals surface area contributed by atoms with Crippen LogP contribution in [0.5, 0.6) is 0 Å². The highest BCUT2D eigenvalue weighted by atomic mass is 16.5. The average Bonchev–Trinajstić information content (AvgIpc) is 3.02. The molecule has 0 bridgehead atoms. The van der Waals surface area contributed by atoms with Gasteiger partial charge in [-0.15, -0.1) is 10.2 Å². The van der Waals surface area contributed by atoms with Gasteiger partial charge < -0.3 is 9.64 Å². The Kier molecular flexibility index (Phi) is 3.69. The molecule has 4 heterocycles. The minimum absolute atomic E-state index is 0.773. The Balaban J connectivity index is 1.58. The molecule has 0 spiro atoms. The number of rotatable bonds is 3. The smallest absolute Gasteiger partial charge is 0.228 e. The number of fused-ring (bicyclic) bond motifs is 1. The fourth-order valence-corrected chi connectivity index (χ4v) is 2.98. The molecule has 0 aromatic carbocycles. The van der Waals surface area contributed by atoms with Crippen LogP contribution in [0, 0.1) is 0 Å². The van der Waals surface area contributed by atoms with E-state index in [1.807, 2.05) is 0 Å². The van der Waals surface area contributed by atoms with Gasteiger partial charge in [-0.1, -0.05) is 0 Å². The van der Waals surface area contributed by atoms with Crippen molar-refractivity contribution in [3.05, 3.63) is 18.6 Å². The van der Waals surface area contributed by atoms with Crippen LogP contribution >= 0.6 is 0 Å². The number of hydrogen-bond acceptors (Lipinski definition) is 7. The van der Waals surface area contributed by atoms with E-state index in [0.29, 0.717) is 0 Å². The first-order valence-corrected chi connectivity index (χ1v) is 7.66. The van der Waals surface area contributed by atoms with E-state index in [1.165, 1.54) is 0 Å². The van der Waals surface area contributed by atoms with Gasteiger partial charge in [-0.05, 0) is 6.42 Å². The predicted molar refractivity (Wildman–Crippen MR) is 80.3 cm³/mol. The molecule has 2 aliphatic rings. The highest BCUT2D eigenvalue weighted by Gasteiger charge is 2.25. The lowest BCUT2D eigenvalue weighted by Gasteiger charge is -2.35. The Morgan fingerprint density at radius 1 is 1.05 bits per heavy atom. The second kappa shape index (κ2) is 5.98. The van der Waals surface area contributed by atoms with Crippen molar-refractivity contribution in [1.29, 1.82) is 0 Å². The highest BCUT2D eigenvalue weighted by Crippen LogP contribution is 2.25. The van der Waals surface area contributed by atoms with Crippen molar-refractivity contribution >= 4 is 5.95 Å². The number of hydrogen-bond donors (Lipinski definition) is 0. The van der Waals surface area contributed by atoms with Gasteiger partial charge >= 0.3 is 0 Å². The van der Waals surface area contributed by atoms with E-state index in [2.05, 4.69) is 34.5 Å². The fraction of sp³-hybridized carbons (Fsp3) is 0.571. The Morgan fingerprint density at radius 2 is 1.95 bits per heavy atom. The Hall–Kier alpha value is -2.06. The third kappa shape index (κ3) is 2.55. The predicted octanol–water partition coefficient (Wildman–Crippen LogP) is 0.235. The normalized spacial score (nSPS) is 19.2. The molecule has 0 N–H and O–H groups in total. The van der Waals surface area contributed by atoms with Gasteiger partial charge in [0.15, 0.2) is 5.82 Å². The molecular formula is C14H19N7O. The molecule has 0 unspecified atom stereocenters. The largest absolute Gasteiger partial charge is 0.379 e. The molecule has 0 amide bonds. The zero-order valence-electron chi connectivity index (χ0n) is 12.4. The molecule has 2 aliphatic heterocycles. The molecule has 1 fully saturated rings. The van der Waals surface area contributed by atoms with E-state index in [1.54, 1.807) is 18.6 Å². The fourth-order valence-electron chi connectivity index (χ4n) is 2.98. The van der Waals surface area contributed by atoms with Crippen LogP contribution in [-0.2, 0) is 11.3 Å². The van der Waals surface area contributed by atoms with Crippen molar-refractivity contribution in [2.75, 3.05) is 44.4 Å². The van der Waals surface area contributed by atoms with E-state index in [0.717, 1.165) is 69.9 Å². The van der Waals surface area contributed by atoms with Gasteiger partial charge in [-0.3, -0.25) is 14.5 Å². The Morgan fingerprint density at radius 3 is 2.77 bits per heavy atom. The molecule has 0 radical (unpaired) electrons. The summed E-state index contributed by atoms with van der Waals surface area (Å²) < 4.78 is 7.56. The molecule has 1 saturated heterocycles. The molecule has 2 aromatic heterocycles. The average molecular weight is 301 g/mol. The van der Waals surface area contributed by atoms with Crippen molar-refractivity contribution in [3.8, 4) is 11.5 Å². The van der Waals surface area contributed by atoms with Crippen LogP contribution in [0.25, 0.3) is 11.5 Å². The lowest BCUT2D eigenvalue weighted by atomic mass is 10.3. The lowest BCUT2D eigenvalue weighted by molar-refractivity contribution is 0.0374. The molecule has 4 rings (SSSR count). The third-order valence-electron chi connectivity index (χ3n) is 4.09. The van der Waals surface area contributed by atoms with Gasteiger partial charge in [0.05, 0.1) is 26.1 Å². The maximum absolute atomic E-state index is 5.41. The van der Waals surface area contributed by atoms with Crippen molar-refractivity contribution in [1.82, 2.24) is 29.6 Å². The summed E-state index contributed by atoms with van der Waals surface area (Å²) in [6.45, 7) is 6.38. The standard InChI is InChI=1S/C14H19N7O/c1-4-20(11-19-6-8-22-9-7-19)14-18-17-13(21(14)5-1)12-10-15-2-3-16-12/h2-3,10H,1,4-9,11H2. The second-order valence-corrected chi connectivity index (χ2v) is 5.55. The van der Waals surface area contributed by atoms with Crippen LogP contribution in [-0.4, -0.2) is 69.1 Å². The molecule has 8 nitrogen and oxygen atoms in total. The number of nitrogens with zero attached hydrogens (tertiary/aromatic N) is 7. The summed E-state index contributed by atoms with van der Waals surface area (Å²) in [6, 6.07) is 0. The van der Waals surface area contributed by atoms with E-state index in [9.17, 15) is 0 Å². The van der Waals surface area contributed by atoms with Gasteiger partial charge in [0, 0.05) is 38.6 Å². The van der Waals surface area contributed by atoms with Crippen LogP contribution < -0.4 is 4.90 Å². The van der Waals surface area contributed by atoms with Crippen LogP contribution in [0.15, 0.2) is 18.6 Å². The molecule has 2 aromatic rings. The molecule has 0 atom stereocenters. The quantitative estimate of drug-likeness (QED) is 0.804. The Bertz CT molecular complexity index is 623. The zero-order chi connectivity index (χ0) is 14.8. The Labute approximate surface area is 128 Å². The van der Waals surface area contributed by atoms with Gasteiger partial charge in [0.1, 0.15) is 5.69 Å². The summed E-state index contributed by atoms with van der Waals surface area (Å²) in [4.78, 5) is 13.2. The van der Waals surface area contributed by atoms with Crippen molar-refractivity contribution in [2.24, 2.45) is 0 Å². The summed E-state index contributed by atoms with van der Waals surface area (Å²) in [5.41, 5.74) is 0.773. The van der Waals surface area contributed by atoms with E-state index < -0.39 is 0 Å². The van der Waals surface area contributed by atoms with E-state index in [4.69, 9.17) is 4.74 Å². The maximum atomic E-state index is 5.41. The minimum atomic E-state index is 0.773. The molecule has 0 aliphatic carbocycles. The molecule has 8 heteroatoms. The third-order valence-corrected chi connectivity index (χ3v) is 4.09. The molecule has 22 heavy (non-hydrogen) atoms. The van der Waals surface area contributed by atoms with Gasteiger partial charge in [-0.2, -0.15) is 0 Å². The van der Waals surface area contributed by atoms with Gasteiger partial charge in [0.2, 0.25) is 5.95 Å². The molecule has 116 valence electrons. The minimum Gasteiger partial charge on any atom is -0.379 e.